The highest BCUT2D eigenvalue weighted by Crippen LogP contribution is 2.45. The number of hydrogen-bond donors (Lipinski definition) is 0. The first-order valence-electron chi connectivity index (χ1n) is 44.3. The third-order valence-corrected chi connectivity index (χ3v) is 26.2. The van der Waals surface area contributed by atoms with Crippen molar-refractivity contribution in [2.24, 2.45) is 0 Å². The zero-order chi connectivity index (χ0) is 85.7. The number of benzene rings is 20. The summed E-state index contributed by atoms with van der Waals surface area (Å²) in [4.78, 5) is 19.9. The van der Waals surface area contributed by atoms with Crippen molar-refractivity contribution in [3.8, 4) is 77.9 Å². The first kappa shape index (κ1) is 75.1. The Labute approximate surface area is 747 Å². The zero-order valence-corrected chi connectivity index (χ0v) is 70.6. The Morgan fingerprint density at radius 2 is 0.354 bits per heavy atom. The van der Waals surface area contributed by atoms with Gasteiger partial charge in [-0.3, -0.25) is 17.6 Å². The molecular formula is C122H78N8. The van der Waals surface area contributed by atoms with Gasteiger partial charge in [0.2, 0.25) is 0 Å². The Bertz CT molecular complexity index is 9350. The lowest BCUT2D eigenvalue weighted by molar-refractivity contribution is 1.23. The minimum atomic E-state index is 0.975. The maximum absolute atomic E-state index is 5.00. The molecule has 0 saturated heterocycles. The van der Waals surface area contributed by atoms with Gasteiger partial charge >= 0.3 is 0 Å². The Kier molecular flexibility index (Phi) is 18.1. The number of rotatable bonds is 7. The highest BCUT2D eigenvalue weighted by atomic mass is 15.0. The van der Waals surface area contributed by atoms with E-state index >= 15 is 0 Å². The molecule has 28 rings (SSSR count). The molecule has 0 atom stereocenters. The van der Waals surface area contributed by atoms with E-state index in [2.05, 4.69) is 467 Å². The first-order valence-corrected chi connectivity index (χ1v) is 44.3. The summed E-state index contributed by atoms with van der Waals surface area (Å²) in [6.07, 6.45) is 8.42. The summed E-state index contributed by atoms with van der Waals surface area (Å²) in [5.74, 6) is 0. The second kappa shape index (κ2) is 31.3. The van der Waals surface area contributed by atoms with Gasteiger partial charge in [-0.05, 0) is 211 Å². The standard InChI is InChI=1S/C35H22N2.2C31H20N2.C25H16N2/c1-2-10-27-24(8-1)9-7-13-28(27)25-17-15-23(16-18-25)26-19-20-31-32(22-26)29-11-3-4-12-30(29)34-35(31)37-21-6-5-14-33(37)36-34;1-2-9-21(10-3-1)22-11-8-12-23(19-22)24-16-17-27-28(20-24)25-13-4-5-14-26(25)30-31(27)33-18-7-6-15-29(33)32-30;1-2-8-21(9-3-1)22-13-15-23(16-14-22)24-17-18-27-28(20-24)25-10-4-5-11-26(25)30-31(27)33-19-7-6-12-29(33)32-30;1-2-8-17(9-3-1)18-13-14-21-22(16-18)19-10-4-5-11-20(19)24-25(21)27-15-7-6-12-23(27)26-24/h1-22H;2*1-20H;1-16H. The van der Waals surface area contributed by atoms with E-state index in [9.17, 15) is 0 Å². The Morgan fingerprint density at radius 1 is 0.131 bits per heavy atom. The van der Waals surface area contributed by atoms with Gasteiger partial charge in [0.25, 0.3) is 0 Å². The minimum absolute atomic E-state index is 0.975. The van der Waals surface area contributed by atoms with Gasteiger partial charge in [0.15, 0.2) is 0 Å². The van der Waals surface area contributed by atoms with E-state index in [-0.39, 0.29) is 0 Å². The van der Waals surface area contributed by atoms with Gasteiger partial charge in [0.1, 0.15) is 22.6 Å². The van der Waals surface area contributed by atoms with Gasteiger partial charge in [-0.2, -0.15) is 0 Å². The summed E-state index contributed by atoms with van der Waals surface area (Å²) in [5, 5.41) is 22.3. The number of pyridine rings is 4. The van der Waals surface area contributed by atoms with Crippen LogP contribution in [0.1, 0.15) is 0 Å². The number of imidazole rings is 4. The lowest BCUT2D eigenvalue weighted by atomic mass is 9.94. The topological polar surface area (TPSA) is 69.2 Å². The lowest BCUT2D eigenvalue weighted by Crippen LogP contribution is -1.87. The van der Waals surface area contributed by atoms with E-state index in [1.165, 1.54) is 197 Å². The molecule has 0 aliphatic heterocycles. The summed E-state index contributed by atoms with van der Waals surface area (Å²) in [6, 6.07) is 160. The van der Waals surface area contributed by atoms with Crippen molar-refractivity contribution in [1.82, 2.24) is 37.5 Å². The molecule has 28 aromatic rings. The maximum atomic E-state index is 5.00. The van der Waals surface area contributed by atoms with Crippen LogP contribution in [-0.4, -0.2) is 37.5 Å². The fraction of sp³-hybridized carbons (Fsp3) is 0. The molecule has 0 saturated carbocycles. The van der Waals surface area contributed by atoms with Crippen molar-refractivity contribution in [1.29, 1.82) is 0 Å². The van der Waals surface area contributed by atoms with Crippen molar-refractivity contribution in [2.75, 3.05) is 0 Å². The molecule has 606 valence electrons. The monoisotopic (exact) mass is 1650 g/mol. The molecule has 0 aliphatic carbocycles. The van der Waals surface area contributed by atoms with Crippen molar-refractivity contribution >= 4 is 164 Å². The second-order valence-corrected chi connectivity index (χ2v) is 33.5. The molecule has 0 unspecified atom stereocenters. The van der Waals surface area contributed by atoms with E-state index in [0.717, 1.165) is 44.7 Å². The highest BCUT2D eigenvalue weighted by Gasteiger charge is 2.22. The van der Waals surface area contributed by atoms with Crippen LogP contribution in [0.5, 0.6) is 0 Å². The van der Waals surface area contributed by atoms with Crippen molar-refractivity contribution in [3.63, 3.8) is 0 Å². The third kappa shape index (κ3) is 12.8. The zero-order valence-electron chi connectivity index (χ0n) is 70.6. The molecule has 130 heavy (non-hydrogen) atoms. The fourth-order valence-corrected chi connectivity index (χ4v) is 20.0. The molecule has 8 aromatic heterocycles. The average Bonchev–Trinajstić information content (AvgIpc) is 1.54. The van der Waals surface area contributed by atoms with Crippen LogP contribution in [0.15, 0.2) is 474 Å². The van der Waals surface area contributed by atoms with Crippen LogP contribution in [0.4, 0.5) is 0 Å². The number of aromatic nitrogens is 8. The van der Waals surface area contributed by atoms with Crippen LogP contribution in [-0.2, 0) is 0 Å². The van der Waals surface area contributed by atoms with Gasteiger partial charge < -0.3 is 0 Å². The summed E-state index contributed by atoms with van der Waals surface area (Å²) < 4.78 is 8.83. The number of fused-ring (bicyclic) bond motifs is 33. The number of hydrogen-bond acceptors (Lipinski definition) is 4. The fourth-order valence-electron chi connectivity index (χ4n) is 20.0. The van der Waals surface area contributed by atoms with Crippen molar-refractivity contribution in [2.45, 2.75) is 0 Å². The normalized spacial score (nSPS) is 11.7. The van der Waals surface area contributed by atoms with Crippen LogP contribution in [0.25, 0.3) is 242 Å². The summed E-state index contributed by atoms with van der Waals surface area (Å²) in [6.45, 7) is 0. The second-order valence-electron chi connectivity index (χ2n) is 33.5. The van der Waals surface area contributed by atoms with Crippen LogP contribution in [0.3, 0.4) is 0 Å². The molecule has 0 bridgehead atoms. The molecule has 0 N–H and O–H groups in total. The van der Waals surface area contributed by atoms with E-state index in [0.29, 0.717) is 0 Å². The molecule has 0 fully saturated rings. The van der Waals surface area contributed by atoms with Crippen LogP contribution in [0.2, 0.25) is 0 Å². The van der Waals surface area contributed by atoms with E-state index in [4.69, 9.17) is 19.9 Å². The molecule has 8 heteroatoms. The predicted molar refractivity (Wildman–Crippen MR) is 546 cm³/mol. The average molecular weight is 1660 g/mol. The third-order valence-electron chi connectivity index (χ3n) is 26.2. The van der Waals surface area contributed by atoms with Gasteiger partial charge in [-0.1, -0.05) is 370 Å². The molecule has 0 amide bonds. The van der Waals surface area contributed by atoms with Gasteiger partial charge in [-0.25, -0.2) is 19.9 Å². The van der Waals surface area contributed by atoms with E-state index in [1.807, 2.05) is 24.3 Å². The van der Waals surface area contributed by atoms with Gasteiger partial charge in [0, 0.05) is 67.9 Å². The highest BCUT2D eigenvalue weighted by molar-refractivity contribution is 6.28. The van der Waals surface area contributed by atoms with Gasteiger partial charge in [-0.15, -0.1) is 0 Å². The predicted octanol–water partition coefficient (Wildman–Crippen LogP) is 32.0. The maximum Gasteiger partial charge on any atom is 0.137 e. The molecule has 0 radical (unpaired) electrons. The molecule has 0 aliphatic rings. The van der Waals surface area contributed by atoms with E-state index in [1.54, 1.807) is 0 Å². The molecule has 8 nitrogen and oxygen atoms in total. The Morgan fingerprint density at radius 3 is 0.700 bits per heavy atom. The van der Waals surface area contributed by atoms with Crippen LogP contribution >= 0.6 is 0 Å². The lowest BCUT2D eigenvalue weighted by Gasteiger charge is -2.11. The smallest absolute Gasteiger partial charge is 0.137 e. The van der Waals surface area contributed by atoms with Crippen molar-refractivity contribution in [3.05, 3.63) is 474 Å². The largest absolute Gasteiger partial charge is 0.299 e. The Balaban J connectivity index is 0.0000000941. The SMILES string of the molecule is c1ccc(-c2ccc(-c3ccc4c(c3)c3ccccc3c3nc5ccccn5c43)cc2)cc1.c1ccc(-c2ccc3c(c2)c2ccccc2c2nc4ccccn4c32)cc1.c1ccc(-c2cccc(-c3ccc4c(c3)c3ccccc3c3nc5ccccn5c43)c2)cc1.c1ccc2c(-c3ccc(-c4ccc5c(c4)c4ccccc4c4nc6ccccn6c54)cc3)cccc2c1. The molecule has 8 heterocycles. The van der Waals surface area contributed by atoms with E-state index < -0.39 is 0 Å². The quantitative estimate of drug-likeness (QED) is 0.149. The van der Waals surface area contributed by atoms with Gasteiger partial charge in [0.05, 0.1) is 44.1 Å². The van der Waals surface area contributed by atoms with Crippen molar-refractivity contribution < 1.29 is 0 Å². The molecule has 20 aromatic carbocycles. The van der Waals surface area contributed by atoms with Crippen LogP contribution in [0, 0.1) is 0 Å². The first-order chi connectivity index (χ1) is 64.5. The Hall–Kier alpha value is -17.5. The number of nitrogens with zero attached hydrogens (tertiary/aromatic N) is 8. The molecule has 0 spiro atoms. The summed E-state index contributed by atoms with van der Waals surface area (Å²) in [7, 11) is 0. The molecular weight excluding hydrogens is 1580 g/mol. The summed E-state index contributed by atoms with van der Waals surface area (Å²) >= 11 is 0. The van der Waals surface area contributed by atoms with Crippen LogP contribution < -0.4 is 0 Å². The minimum Gasteiger partial charge on any atom is -0.299 e. The summed E-state index contributed by atoms with van der Waals surface area (Å²) in [5.41, 5.74) is 30.1.